The second-order valence-electron chi connectivity index (χ2n) is 6.53. The first-order chi connectivity index (χ1) is 13.5. The van der Waals surface area contributed by atoms with Gasteiger partial charge in [0.05, 0.1) is 12.7 Å². The van der Waals surface area contributed by atoms with E-state index in [-0.39, 0.29) is 11.9 Å². The summed E-state index contributed by atoms with van der Waals surface area (Å²) in [5, 5.41) is 3.61. The molecule has 28 heavy (non-hydrogen) atoms. The molecule has 2 aromatic carbocycles. The lowest BCUT2D eigenvalue weighted by atomic mass is 10.1. The summed E-state index contributed by atoms with van der Waals surface area (Å²) >= 11 is 5.94. The molecule has 1 heterocycles. The van der Waals surface area contributed by atoms with Crippen LogP contribution >= 0.6 is 11.6 Å². The Morgan fingerprint density at radius 3 is 2.32 bits per heavy atom. The fourth-order valence-electron chi connectivity index (χ4n) is 2.91. The van der Waals surface area contributed by atoms with Gasteiger partial charge in [-0.25, -0.2) is 4.79 Å². The van der Waals surface area contributed by atoms with Gasteiger partial charge in [0.15, 0.2) is 0 Å². The lowest BCUT2D eigenvalue weighted by Crippen LogP contribution is -2.25. The highest BCUT2D eigenvalue weighted by atomic mass is 35.5. The summed E-state index contributed by atoms with van der Waals surface area (Å²) in [4.78, 5) is 24.2. The van der Waals surface area contributed by atoms with Crippen LogP contribution in [0.25, 0.3) is 0 Å². The fourth-order valence-corrected chi connectivity index (χ4v) is 3.04. The minimum Gasteiger partial charge on any atom is -0.465 e. The zero-order chi connectivity index (χ0) is 20.1. The predicted octanol–water partition coefficient (Wildman–Crippen LogP) is 4.21. The van der Waals surface area contributed by atoms with Crippen molar-refractivity contribution in [2.24, 2.45) is 0 Å². The summed E-state index contributed by atoms with van der Waals surface area (Å²) in [5.74, 6) is -0.537. The molecule has 1 amide bonds. The topological polar surface area (TPSA) is 60.3 Å². The summed E-state index contributed by atoms with van der Waals surface area (Å²) in [5.41, 5.74) is 4.05. The van der Waals surface area contributed by atoms with Crippen LogP contribution in [0.15, 0.2) is 60.8 Å². The van der Waals surface area contributed by atoms with Gasteiger partial charge in [-0.15, -0.1) is 0 Å². The lowest BCUT2D eigenvalue weighted by Gasteiger charge is -2.10. The van der Waals surface area contributed by atoms with Crippen molar-refractivity contribution in [3.05, 3.63) is 93.8 Å². The average Bonchev–Trinajstić information content (AvgIpc) is 3.08. The minimum absolute atomic E-state index is 0.154. The van der Waals surface area contributed by atoms with E-state index in [1.807, 2.05) is 48.0 Å². The molecular formula is C22H21ClN2O3. The Morgan fingerprint density at radius 2 is 1.68 bits per heavy atom. The van der Waals surface area contributed by atoms with Gasteiger partial charge < -0.3 is 14.6 Å². The van der Waals surface area contributed by atoms with E-state index < -0.39 is 0 Å². The van der Waals surface area contributed by atoms with Gasteiger partial charge in [0, 0.05) is 24.3 Å². The Morgan fingerprint density at radius 1 is 1.04 bits per heavy atom. The Bertz CT molecular complexity index is 976. The first-order valence-electron chi connectivity index (χ1n) is 8.83. The zero-order valence-corrected chi connectivity index (χ0v) is 16.5. The Balaban J connectivity index is 1.67. The van der Waals surface area contributed by atoms with Crippen molar-refractivity contribution in [1.29, 1.82) is 0 Å². The molecule has 0 bridgehead atoms. The number of esters is 1. The van der Waals surface area contributed by atoms with Gasteiger partial charge in [0.25, 0.3) is 5.91 Å². The van der Waals surface area contributed by atoms with Crippen molar-refractivity contribution < 1.29 is 14.3 Å². The summed E-state index contributed by atoms with van der Waals surface area (Å²) < 4.78 is 6.61. The van der Waals surface area contributed by atoms with Crippen LogP contribution in [0.2, 0.25) is 5.02 Å². The molecule has 3 aromatic rings. The van der Waals surface area contributed by atoms with E-state index in [0.29, 0.717) is 29.4 Å². The number of carbonyl (C=O) groups is 2. The van der Waals surface area contributed by atoms with Crippen molar-refractivity contribution in [2.45, 2.75) is 20.0 Å². The summed E-state index contributed by atoms with van der Waals surface area (Å²) in [7, 11) is 1.34. The molecule has 1 aromatic heterocycles. The molecule has 0 fully saturated rings. The summed E-state index contributed by atoms with van der Waals surface area (Å²) in [6.07, 6.45) is 1.95. The molecule has 0 aliphatic rings. The first-order valence-corrected chi connectivity index (χ1v) is 9.21. The molecule has 0 spiro atoms. The summed E-state index contributed by atoms with van der Waals surface area (Å²) in [6, 6.07) is 16.4. The number of amides is 1. The van der Waals surface area contributed by atoms with Crippen LogP contribution in [0.3, 0.4) is 0 Å². The fraction of sp³-hybridized carbons (Fsp3) is 0.182. The molecule has 6 heteroatoms. The van der Waals surface area contributed by atoms with Crippen LogP contribution < -0.4 is 5.32 Å². The number of benzene rings is 2. The van der Waals surface area contributed by atoms with Crippen molar-refractivity contribution in [3.8, 4) is 0 Å². The highest BCUT2D eigenvalue weighted by Crippen LogP contribution is 2.15. The number of aromatic nitrogens is 1. The molecule has 0 unspecified atom stereocenters. The zero-order valence-electron chi connectivity index (χ0n) is 15.7. The number of ether oxygens (including phenoxy) is 1. The third-order valence-corrected chi connectivity index (χ3v) is 4.61. The van der Waals surface area contributed by atoms with Crippen molar-refractivity contribution in [1.82, 2.24) is 9.88 Å². The minimum atomic E-state index is -0.383. The van der Waals surface area contributed by atoms with Gasteiger partial charge >= 0.3 is 5.97 Å². The van der Waals surface area contributed by atoms with Crippen LogP contribution in [0, 0.1) is 6.92 Å². The van der Waals surface area contributed by atoms with Gasteiger partial charge in [-0.05, 0) is 53.9 Å². The van der Waals surface area contributed by atoms with Gasteiger partial charge in [-0.2, -0.15) is 0 Å². The summed E-state index contributed by atoms with van der Waals surface area (Å²) in [6.45, 7) is 2.91. The van der Waals surface area contributed by atoms with Crippen molar-refractivity contribution in [2.75, 3.05) is 7.11 Å². The molecule has 3 rings (SSSR count). The smallest absolute Gasteiger partial charge is 0.337 e. The standard InChI is InChI=1S/C22H21ClN2O3/c1-15-11-20(25(13-15)14-17-5-9-19(23)10-6-17)21(26)24-12-16-3-7-18(8-4-16)22(27)28-2/h3-11,13H,12,14H2,1-2H3,(H,24,26). The van der Waals surface area contributed by atoms with E-state index in [4.69, 9.17) is 11.6 Å². The Hall–Kier alpha value is -3.05. The maximum absolute atomic E-state index is 12.7. The number of aryl methyl sites for hydroxylation is 1. The molecule has 0 radical (unpaired) electrons. The van der Waals surface area contributed by atoms with Gasteiger partial charge in [-0.3, -0.25) is 4.79 Å². The predicted molar refractivity (Wildman–Crippen MR) is 109 cm³/mol. The quantitative estimate of drug-likeness (QED) is 0.635. The first kappa shape index (κ1) is 19.7. The normalized spacial score (nSPS) is 10.5. The van der Waals surface area contributed by atoms with Crippen molar-refractivity contribution >= 4 is 23.5 Å². The van der Waals surface area contributed by atoms with E-state index in [2.05, 4.69) is 10.1 Å². The number of hydrogen-bond donors (Lipinski definition) is 1. The number of carbonyl (C=O) groups excluding carboxylic acids is 2. The maximum Gasteiger partial charge on any atom is 0.337 e. The third kappa shape index (κ3) is 4.81. The number of methoxy groups -OCH3 is 1. The largest absolute Gasteiger partial charge is 0.465 e. The van der Waals surface area contributed by atoms with Crippen LogP contribution in [-0.2, 0) is 17.8 Å². The third-order valence-electron chi connectivity index (χ3n) is 4.36. The molecule has 0 aliphatic carbocycles. The Kier molecular flexibility index (Phi) is 6.16. The number of halogens is 1. The molecule has 0 saturated carbocycles. The molecule has 5 nitrogen and oxygen atoms in total. The SMILES string of the molecule is COC(=O)c1ccc(CNC(=O)c2cc(C)cn2Cc2ccc(Cl)cc2)cc1. The molecule has 1 N–H and O–H groups in total. The van der Waals surface area contributed by atoms with Gasteiger partial charge in [0.2, 0.25) is 0 Å². The second-order valence-corrected chi connectivity index (χ2v) is 6.96. The van der Waals surface area contributed by atoms with Crippen LogP contribution in [0.1, 0.15) is 37.5 Å². The van der Waals surface area contributed by atoms with Gasteiger partial charge in [0.1, 0.15) is 5.69 Å². The average molecular weight is 397 g/mol. The number of nitrogens with one attached hydrogen (secondary N) is 1. The van der Waals surface area contributed by atoms with E-state index in [1.165, 1.54) is 7.11 Å². The monoisotopic (exact) mass is 396 g/mol. The molecule has 0 atom stereocenters. The molecule has 0 saturated heterocycles. The number of rotatable bonds is 6. The van der Waals surface area contributed by atoms with Crippen LogP contribution in [0.4, 0.5) is 0 Å². The molecule has 144 valence electrons. The second kappa shape index (κ2) is 8.76. The van der Waals surface area contributed by atoms with Crippen LogP contribution in [-0.4, -0.2) is 23.6 Å². The molecule has 0 aliphatic heterocycles. The van der Waals surface area contributed by atoms with Gasteiger partial charge in [-0.1, -0.05) is 35.9 Å². The van der Waals surface area contributed by atoms with Crippen LogP contribution in [0.5, 0.6) is 0 Å². The lowest BCUT2D eigenvalue weighted by molar-refractivity contribution is 0.0600. The van der Waals surface area contributed by atoms with Crippen molar-refractivity contribution in [3.63, 3.8) is 0 Å². The highest BCUT2D eigenvalue weighted by molar-refractivity contribution is 6.30. The molecular weight excluding hydrogens is 376 g/mol. The van der Waals surface area contributed by atoms with E-state index >= 15 is 0 Å². The maximum atomic E-state index is 12.7. The Labute approximate surface area is 168 Å². The van der Waals surface area contributed by atoms with E-state index in [9.17, 15) is 9.59 Å². The highest BCUT2D eigenvalue weighted by Gasteiger charge is 2.13. The number of nitrogens with zero attached hydrogens (tertiary/aromatic N) is 1. The number of hydrogen-bond acceptors (Lipinski definition) is 3. The van der Waals surface area contributed by atoms with E-state index in [0.717, 1.165) is 16.7 Å². The van der Waals surface area contributed by atoms with E-state index in [1.54, 1.807) is 24.3 Å².